The molecule has 0 spiro atoms. The second kappa shape index (κ2) is 52.2. The summed E-state index contributed by atoms with van der Waals surface area (Å²) in [6.45, 7) is 6.52. The van der Waals surface area contributed by atoms with Crippen LogP contribution < -0.4 is 0 Å². The SMILES string of the molecule is CCCCC/C=C\C/C=C\C/C=C\C/C=C\CCCCCC(=O)OC[C@@H](COC(=O)CCCCCCCCCCCCCC)OC(=O)CCCC/C=C\C/C=C\C/C=C\CCCCC. The van der Waals surface area contributed by atoms with Gasteiger partial charge in [0.15, 0.2) is 6.10 Å². The lowest BCUT2D eigenvalue weighted by Crippen LogP contribution is -2.30. The average Bonchev–Trinajstić information content (AvgIpc) is 3.29. The highest BCUT2D eigenvalue weighted by molar-refractivity contribution is 5.71. The van der Waals surface area contributed by atoms with E-state index in [1.54, 1.807) is 0 Å². The largest absolute Gasteiger partial charge is 0.462 e. The Morgan fingerprint density at radius 2 is 0.562 bits per heavy atom. The maximum atomic E-state index is 12.8. The van der Waals surface area contributed by atoms with Crippen LogP contribution in [0.1, 0.15) is 245 Å². The molecule has 0 aliphatic rings. The van der Waals surface area contributed by atoms with Gasteiger partial charge in [-0.25, -0.2) is 0 Å². The minimum absolute atomic E-state index is 0.101. The Morgan fingerprint density at radius 3 is 0.938 bits per heavy atom. The molecule has 0 aliphatic carbocycles. The summed E-state index contributed by atoms with van der Waals surface area (Å²) in [4.78, 5) is 38.0. The monoisotopic (exact) mass is 891 g/mol. The number of carbonyl (C=O) groups is 3. The van der Waals surface area contributed by atoms with E-state index in [0.29, 0.717) is 19.3 Å². The van der Waals surface area contributed by atoms with Gasteiger partial charge in [0.05, 0.1) is 0 Å². The molecule has 0 saturated heterocycles. The highest BCUT2D eigenvalue weighted by atomic mass is 16.6. The van der Waals surface area contributed by atoms with E-state index in [1.807, 2.05) is 0 Å². The highest BCUT2D eigenvalue weighted by Gasteiger charge is 2.19. The summed E-state index contributed by atoms with van der Waals surface area (Å²) in [6.07, 6.45) is 67.1. The van der Waals surface area contributed by atoms with Gasteiger partial charge >= 0.3 is 17.9 Å². The smallest absolute Gasteiger partial charge is 0.306 e. The summed E-state index contributed by atoms with van der Waals surface area (Å²) in [5.41, 5.74) is 0. The maximum absolute atomic E-state index is 12.8. The number of allylic oxidation sites excluding steroid dienone is 14. The molecule has 0 N–H and O–H groups in total. The zero-order valence-electron chi connectivity index (χ0n) is 41.8. The standard InChI is InChI=1S/C58H98O6/c1-4-7-10-13-16-19-22-25-27-28-29-30-32-33-36-39-42-45-48-51-57(60)63-54-55(53-62-56(59)50-47-44-41-38-35-24-21-18-15-12-9-6-3)64-58(61)52-49-46-43-40-37-34-31-26-23-20-17-14-11-8-5-2/h16-17,19-20,25-27,29-31,33,36-37,40,55H,4-15,18,21-24,28,32,34-35,38-39,41-54H2,1-3H3/b19-16-,20-17-,27-25-,30-29-,31-26-,36-33-,40-37-/t55-/m1/s1. The predicted octanol–water partition coefficient (Wildman–Crippen LogP) is 17.6. The second-order valence-electron chi connectivity index (χ2n) is 17.4. The molecule has 0 bridgehead atoms. The van der Waals surface area contributed by atoms with Crippen LogP contribution in [0.5, 0.6) is 0 Å². The zero-order chi connectivity index (χ0) is 46.5. The number of rotatable bonds is 47. The van der Waals surface area contributed by atoms with Crippen LogP contribution in [0.25, 0.3) is 0 Å². The van der Waals surface area contributed by atoms with Crippen LogP contribution in [0.3, 0.4) is 0 Å². The van der Waals surface area contributed by atoms with Crippen molar-refractivity contribution < 1.29 is 28.6 Å². The third-order valence-electron chi connectivity index (χ3n) is 11.1. The van der Waals surface area contributed by atoms with Gasteiger partial charge in [-0.15, -0.1) is 0 Å². The van der Waals surface area contributed by atoms with Gasteiger partial charge in [-0.1, -0.05) is 209 Å². The van der Waals surface area contributed by atoms with Gasteiger partial charge in [0.2, 0.25) is 0 Å². The minimum Gasteiger partial charge on any atom is -0.462 e. The van der Waals surface area contributed by atoms with Gasteiger partial charge in [0.1, 0.15) is 13.2 Å². The lowest BCUT2D eigenvalue weighted by Gasteiger charge is -2.18. The number of ether oxygens (including phenoxy) is 3. The van der Waals surface area contributed by atoms with Crippen LogP contribution in [0.2, 0.25) is 0 Å². The fraction of sp³-hybridized carbons (Fsp3) is 0.707. The molecule has 0 aromatic carbocycles. The topological polar surface area (TPSA) is 78.9 Å². The summed E-state index contributed by atoms with van der Waals surface area (Å²) in [6, 6.07) is 0. The van der Waals surface area contributed by atoms with Gasteiger partial charge in [-0.05, 0) is 103 Å². The van der Waals surface area contributed by atoms with Gasteiger partial charge in [-0.2, -0.15) is 0 Å². The van der Waals surface area contributed by atoms with E-state index in [0.717, 1.165) is 89.9 Å². The van der Waals surface area contributed by atoms with Crippen molar-refractivity contribution in [3.8, 4) is 0 Å². The van der Waals surface area contributed by atoms with Gasteiger partial charge in [0.25, 0.3) is 0 Å². The van der Waals surface area contributed by atoms with E-state index in [4.69, 9.17) is 14.2 Å². The summed E-state index contributed by atoms with van der Waals surface area (Å²) in [5, 5.41) is 0. The number of hydrogen-bond donors (Lipinski definition) is 0. The minimum atomic E-state index is -0.808. The van der Waals surface area contributed by atoms with E-state index < -0.39 is 6.10 Å². The fourth-order valence-corrected chi connectivity index (χ4v) is 7.08. The molecule has 1 atom stereocenters. The Hall–Kier alpha value is -3.41. The average molecular weight is 891 g/mol. The molecule has 6 heteroatoms. The molecule has 0 amide bonds. The molecule has 0 unspecified atom stereocenters. The molecule has 6 nitrogen and oxygen atoms in total. The normalized spacial score (nSPS) is 12.7. The molecular formula is C58H98O6. The van der Waals surface area contributed by atoms with Crippen LogP contribution in [-0.4, -0.2) is 37.2 Å². The number of unbranched alkanes of at least 4 members (excludes halogenated alkanes) is 22. The fourth-order valence-electron chi connectivity index (χ4n) is 7.08. The first kappa shape index (κ1) is 60.6. The van der Waals surface area contributed by atoms with E-state index in [-0.39, 0.29) is 37.5 Å². The first-order valence-electron chi connectivity index (χ1n) is 26.6. The quantitative estimate of drug-likeness (QED) is 0.0262. The summed E-state index contributed by atoms with van der Waals surface area (Å²) in [5.74, 6) is -0.971. The maximum Gasteiger partial charge on any atom is 0.306 e. The lowest BCUT2D eigenvalue weighted by atomic mass is 10.0. The molecule has 0 saturated carbocycles. The highest BCUT2D eigenvalue weighted by Crippen LogP contribution is 2.14. The van der Waals surface area contributed by atoms with Crippen molar-refractivity contribution in [1.82, 2.24) is 0 Å². The van der Waals surface area contributed by atoms with Crippen LogP contribution >= 0.6 is 0 Å². The van der Waals surface area contributed by atoms with E-state index in [1.165, 1.54) is 109 Å². The second-order valence-corrected chi connectivity index (χ2v) is 17.4. The first-order chi connectivity index (χ1) is 31.5. The Kier molecular flexibility index (Phi) is 49.4. The first-order valence-corrected chi connectivity index (χ1v) is 26.6. The van der Waals surface area contributed by atoms with Crippen molar-refractivity contribution in [1.29, 1.82) is 0 Å². The molecule has 64 heavy (non-hydrogen) atoms. The molecule has 0 rings (SSSR count). The summed E-state index contributed by atoms with van der Waals surface area (Å²) < 4.78 is 16.7. The van der Waals surface area contributed by atoms with Crippen LogP contribution in [0, 0.1) is 0 Å². The summed E-state index contributed by atoms with van der Waals surface area (Å²) >= 11 is 0. The van der Waals surface area contributed by atoms with Gasteiger partial charge < -0.3 is 14.2 Å². The molecule has 0 fully saturated rings. The Morgan fingerprint density at radius 1 is 0.312 bits per heavy atom. The number of esters is 3. The van der Waals surface area contributed by atoms with Crippen LogP contribution in [0.15, 0.2) is 85.1 Å². The third-order valence-corrected chi connectivity index (χ3v) is 11.1. The van der Waals surface area contributed by atoms with Crippen LogP contribution in [0.4, 0.5) is 0 Å². The Bertz CT molecular complexity index is 1250. The van der Waals surface area contributed by atoms with Crippen molar-refractivity contribution >= 4 is 17.9 Å². The molecule has 0 aromatic heterocycles. The lowest BCUT2D eigenvalue weighted by molar-refractivity contribution is -0.167. The number of carbonyl (C=O) groups excluding carboxylic acids is 3. The number of hydrogen-bond acceptors (Lipinski definition) is 6. The van der Waals surface area contributed by atoms with Crippen molar-refractivity contribution in [2.45, 2.75) is 252 Å². The molecule has 0 aromatic rings. The van der Waals surface area contributed by atoms with Gasteiger partial charge in [0, 0.05) is 19.3 Å². The van der Waals surface area contributed by atoms with Crippen molar-refractivity contribution in [3.63, 3.8) is 0 Å². The Labute approximate surface area is 395 Å². The van der Waals surface area contributed by atoms with E-state index in [9.17, 15) is 14.4 Å². The van der Waals surface area contributed by atoms with Crippen molar-refractivity contribution in [2.75, 3.05) is 13.2 Å². The molecule has 0 aliphatic heterocycles. The van der Waals surface area contributed by atoms with Gasteiger partial charge in [-0.3, -0.25) is 14.4 Å². The summed E-state index contributed by atoms with van der Waals surface area (Å²) in [7, 11) is 0. The van der Waals surface area contributed by atoms with E-state index in [2.05, 4.69) is 106 Å². The molecule has 0 radical (unpaired) electrons. The van der Waals surface area contributed by atoms with Crippen molar-refractivity contribution in [2.24, 2.45) is 0 Å². The molecule has 0 heterocycles. The molecular weight excluding hydrogens is 793 g/mol. The van der Waals surface area contributed by atoms with Crippen LogP contribution in [-0.2, 0) is 28.6 Å². The van der Waals surface area contributed by atoms with Crippen molar-refractivity contribution in [3.05, 3.63) is 85.1 Å². The van der Waals surface area contributed by atoms with E-state index >= 15 is 0 Å². The third kappa shape index (κ3) is 49.6. The predicted molar refractivity (Wildman–Crippen MR) is 274 cm³/mol. The molecule has 366 valence electrons. The zero-order valence-corrected chi connectivity index (χ0v) is 41.8. The Balaban J connectivity index is 4.49.